The molecule has 0 radical (unpaired) electrons. The lowest BCUT2D eigenvalue weighted by atomic mass is 9.77. The number of rotatable bonds is 3. The molecule has 1 fully saturated rings. The Kier molecular flexibility index (Phi) is 5.03. The van der Waals surface area contributed by atoms with Gasteiger partial charge in [-0.3, -0.25) is 4.98 Å². The summed E-state index contributed by atoms with van der Waals surface area (Å²) >= 11 is 0. The van der Waals surface area contributed by atoms with Crippen molar-refractivity contribution in [3.8, 4) is 0 Å². The fourth-order valence-electron chi connectivity index (χ4n) is 3.24. The van der Waals surface area contributed by atoms with Crippen molar-refractivity contribution in [2.24, 2.45) is 11.3 Å². The molecule has 1 saturated heterocycles. The van der Waals surface area contributed by atoms with E-state index in [1.165, 1.54) is 30.5 Å². The summed E-state index contributed by atoms with van der Waals surface area (Å²) in [5.41, 5.74) is 3.10. The van der Waals surface area contributed by atoms with E-state index >= 15 is 0 Å². The molecule has 0 aliphatic carbocycles. The average Bonchev–Trinajstić information content (AvgIpc) is 2.65. The van der Waals surface area contributed by atoms with Gasteiger partial charge in [0.1, 0.15) is 0 Å². The van der Waals surface area contributed by atoms with Gasteiger partial charge in [0.05, 0.1) is 11.9 Å². The number of hydrogen-bond donors (Lipinski definition) is 1. The predicted octanol–water partition coefficient (Wildman–Crippen LogP) is 3.45. The first-order chi connectivity index (χ1) is 9.52. The maximum atomic E-state index is 4.33. The molecule has 1 atom stereocenters. The van der Waals surface area contributed by atoms with Gasteiger partial charge in [-0.25, -0.2) is 0 Å². The van der Waals surface area contributed by atoms with Crippen LogP contribution in [0.1, 0.15) is 45.6 Å². The zero-order valence-electron chi connectivity index (χ0n) is 13.4. The van der Waals surface area contributed by atoms with Gasteiger partial charge in [-0.1, -0.05) is 20.8 Å². The van der Waals surface area contributed by atoms with Crippen LogP contribution in [0.4, 0.5) is 5.69 Å². The van der Waals surface area contributed by atoms with Crippen LogP contribution in [0.25, 0.3) is 0 Å². The highest BCUT2D eigenvalue weighted by atomic mass is 15.1. The quantitative estimate of drug-likeness (QED) is 0.915. The molecular weight excluding hydrogens is 246 g/mol. The van der Waals surface area contributed by atoms with E-state index < -0.39 is 0 Å². The van der Waals surface area contributed by atoms with E-state index in [1.54, 1.807) is 0 Å². The third-order valence-corrected chi connectivity index (χ3v) is 4.55. The van der Waals surface area contributed by atoms with Gasteiger partial charge in [0.25, 0.3) is 0 Å². The van der Waals surface area contributed by atoms with Crippen LogP contribution in [0.3, 0.4) is 0 Å². The van der Waals surface area contributed by atoms with Crippen molar-refractivity contribution in [1.29, 1.82) is 0 Å². The first-order valence-corrected chi connectivity index (χ1v) is 7.85. The zero-order valence-corrected chi connectivity index (χ0v) is 13.4. The molecule has 1 aromatic rings. The lowest BCUT2D eigenvalue weighted by Crippen LogP contribution is -2.27. The predicted molar refractivity (Wildman–Crippen MR) is 86.0 cm³/mol. The van der Waals surface area contributed by atoms with Gasteiger partial charge in [0.2, 0.25) is 0 Å². The van der Waals surface area contributed by atoms with Crippen molar-refractivity contribution in [1.82, 2.24) is 10.3 Å². The number of nitrogens with zero attached hydrogens (tertiary/aromatic N) is 2. The Bertz CT molecular complexity index is 422. The maximum Gasteiger partial charge on any atom is 0.0598 e. The second kappa shape index (κ2) is 6.57. The van der Waals surface area contributed by atoms with Crippen molar-refractivity contribution in [2.75, 3.05) is 25.0 Å². The smallest absolute Gasteiger partial charge is 0.0598 e. The molecule has 1 N–H and O–H groups in total. The average molecular weight is 275 g/mol. The molecular formula is C17H29N3. The Morgan fingerprint density at radius 1 is 1.30 bits per heavy atom. The Balaban J connectivity index is 2.11. The SMILES string of the molecule is CNCc1ccncc1N1CCCC(C(C)(C)C)CC1. The lowest BCUT2D eigenvalue weighted by molar-refractivity contribution is 0.220. The van der Waals surface area contributed by atoms with Crippen molar-refractivity contribution in [3.05, 3.63) is 24.0 Å². The van der Waals surface area contributed by atoms with Gasteiger partial charge in [-0.2, -0.15) is 0 Å². The molecule has 0 bridgehead atoms. The second-order valence-electron chi connectivity index (χ2n) is 7.02. The molecule has 112 valence electrons. The summed E-state index contributed by atoms with van der Waals surface area (Å²) in [6.07, 6.45) is 7.85. The Labute approximate surface area is 123 Å². The standard InChI is InChI=1S/C17H29N3/c1-17(2,3)15-6-5-10-20(11-8-15)16-13-19-9-7-14(16)12-18-4/h7,9,13,15,18H,5-6,8,10-12H2,1-4H3. The van der Waals surface area contributed by atoms with E-state index in [9.17, 15) is 0 Å². The van der Waals surface area contributed by atoms with E-state index in [0.717, 1.165) is 25.6 Å². The van der Waals surface area contributed by atoms with Crippen LogP contribution in [0.2, 0.25) is 0 Å². The molecule has 3 heteroatoms. The molecule has 0 saturated carbocycles. The molecule has 2 heterocycles. The largest absolute Gasteiger partial charge is 0.370 e. The van der Waals surface area contributed by atoms with Crippen LogP contribution in [-0.4, -0.2) is 25.1 Å². The molecule has 2 rings (SSSR count). The van der Waals surface area contributed by atoms with Gasteiger partial charge in [-0.05, 0) is 49.3 Å². The maximum absolute atomic E-state index is 4.33. The van der Waals surface area contributed by atoms with Crippen molar-refractivity contribution >= 4 is 5.69 Å². The fraction of sp³-hybridized carbons (Fsp3) is 0.706. The normalized spacial score (nSPS) is 20.8. The van der Waals surface area contributed by atoms with Crippen molar-refractivity contribution in [3.63, 3.8) is 0 Å². The van der Waals surface area contributed by atoms with Gasteiger partial charge in [0.15, 0.2) is 0 Å². The summed E-state index contributed by atoms with van der Waals surface area (Å²) in [7, 11) is 2.00. The van der Waals surface area contributed by atoms with E-state index in [2.05, 4.69) is 42.0 Å². The van der Waals surface area contributed by atoms with Crippen molar-refractivity contribution in [2.45, 2.75) is 46.6 Å². The molecule has 1 aliphatic heterocycles. The highest BCUT2D eigenvalue weighted by Gasteiger charge is 2.27. The molecule has 0 spiro atoms. The third-order valence-electron chi connectivity index (χ3n) is 4.55. The van der Waals surface area contributed by atoms with Crippen LogP contribution in [0, 0.1) is 11.3 Å². The number of pyridine rings is 1. The van der Waals surface area contributed by atoms with Crippen molar-refractivity contribution < 1.29 is 0 Å². The van der Waals surface area contributed by atoms with E-state index in [1.807, 2.05) is 19.4 Å². The highest BCUT2D eigenvalue weighted by molar-refractivity contribution is 5.51. The summed E-state index contributed by atoms with van der Waals surface area (Å²) in [4.78, 5) is 6.86. The zero-order chi connectivity index (χ0) is 14.6. The summed E-state index contributed by atoms with van der Waals surface area (Å²) in [5.74, 6) is 0.830. The third kappa shape index (κ3) is 3.72. The van der Waals surface area contributed by atoms with Crippen LogP contribution in [0.5, 0.6) is 0 Å². The fourth-order valence-corrected chi connectivity index (χ4v) is 3.24. The lowest BCUT2D eigenvalue weighted by Gasteiger charge is -2.30. The Morgan fingerprint density at radius 3 is 2.80 bits per heavy atom. The van der Waals surface area contributed by atoms with E-state index in [4.69, 9.17) is 0 Å². The first kappa shape index (κ1) is 15.3. The minimum Gasteiger partial charge on any atom is -0.370 e. The summed E-state index contributed by atoms with van der Waals surface area (Å²) < 4.78 is 0. The minimum atomic E-state index is 0.429. The molecule has 0 aromatic carbocycles. The topological polar surface area (TPSA) is 28.2 Å². The molecule has 20 heavy (non-hydrogen) atoms. The minimum absolute atomic E-state index is 0.429. The van der Waals surface area contributed by atoms with Crippen LogP contribution >= 0.6 is 0 Å². The van der Waals surface area contributed by atoms with E-state index in [0.29, 0.717) is 5.41 Å². The van der Waals surface area contributed by atoms with Gasteiger partial charge < -0.3 is 10.2 Å². The number of anilines is 1. The molecule has 1 unspecified atom stereocenters. The monoisotopic (exact) mass is 275 g/mol. The van der Waals surface area contributed by atoms with Crippen LogP contribution in [0.15, 0.2) is 18.5 Å². The van der Waals surface area contributed by atoms with Gasteiger partial charge in [0, 0.05) is 25.8 Å². The Hall–Kier alpha value is -1.09. The summed E-state index contributed by atoms with van der Waals surface area (Å²) in [6.45, 7) is 10.4. The molecule has 1 aliphatic rings. The Morgan fingerprint density at radius 2 is 2.10 bits per heavy atom. The molecule has 0 amide bonds. The highest BCUT2D eigenvalue weighted by Crippen LogP contribution is 2.35. The van der Waals surface area contributed by atoms with E-state index in [-0.39, 0.29) is 0 Å². The molecule has 1 aromatic heterocycles. The van der Waals surface area contributed by atoms with Gasteiger partial charge >= 0.3 is 0 Å². The molecule has 3 nitrogen and oxygen atoms in total. The number of hydrogen-bond acceptors (Lipinski definition) is 3. The first-order valence-electron chi connectivity index (χ1n) is 7.85. The second-order valence-corrected chi connectivity index (χ2v) is 7.02. The summed E-state index contributed by atoms with van der Waals surface area (Å²) in [6, 6.07) is 2.14. The number of aromatic nitrogens is 1. The summed E-state index contributed by atoms with van der Waals surface area (Å²) in [5, 5.41) is 3.26. The van der Waals surface area contributed by atoms with Crippen LogP contribution in [-0.2, 0) is 6.54 Å². The van der Waals surface area contributed by atoms with Crippen LogP contribution < -0.4 is 10.2 Å². The van der Waals surface area contributed by atoms with Gasteiger partial charge in [-0.15, -0.1) is 0 Å². The number of nitrogens with one attached hydrogen (secondary N) is 1.